The van der Waals surface area contributed by atoms with Crippen LogP contribution >= 0.6 is 11.3 Å². The third-order valence-corrected chi connectivity index (χ3v) is 5.16. The third kappa shape index (κ3) is 6.22. The average Bonchev–Trinajstić information content (AvgIpc) is 3.12. The second-order valence-corrected chi connectivity index (χ2v) is 7.34. The quantitative estimate of drug-likeness (QED) is 0.543. The number of benzene rings is 2. The molecule has 1 aromatic heterocycles. The van der Waals surface area contributed by atoms with E-state index in [4.69, 9.17) is 4.74 Å². The molecule has 1 amide bonds. The Morgan fingerprint density at radius 3 is 2.56 bits per heavy atom. The Balaban J connectivity index is 1.37. The van der Waals surface area contributed by atoms with E-state index in [1.165, 1.54) is 5.01 Å². The van der Waals surface area contributed by atoms with Crippen LogP contribution in [0.3, 0.4) is 0 Å². The van der Waals surface area contributed by atoms with Crippen LogP contribution in [-0.2, 0) is 13.0 Å². The van der Waals surface area contributed by atoms with Gasteiger partial charge in [-0.2, -0.15) is 0 Å². The summed E-state index contributed by atoms with van der Waals surface area (Å²) in [6.45, 7) is 3.18. The second kappa shape index (κ2) is 9.88. The predicted molar refractivity (Wildman–Crippen MR) is 109 cm³/mol. The number of para-hydroxylation sites is 1. The minimum Gasteiger partial charge on any atom is -0.489 e. The van der Waals surface area contributed by atoms with Crippen LogP contribution in [0.4, 0.5) is 0 Å². The molecule has 1 heterocycles. The molecule has 140 valence electrons. The van der Waals surface area contributed by atoms with Gasteiger partial charge in [-0.1, -0.05) is 30.3 Å². The summed E-state index contributed by atoms with van der Waals surface area (Å²) < 4.78 is 5.72. The minimum atomic E-state index is -0.0318. The number of aromatic nitrogens is 1. The molecule has 0 spiro atoms. The SMILES string of the molecule is Cc1csc(CCCCNC(=O)c2ccc(COc3ccccc3)cc2)n1. The Hall–Kier alpha value is -2.66. The Kier molecular flexibility index (Phi) is 6.99. The van der Waals surface area contributed by atoms with Crippen LogP contribution in [0.5, 0.6) is 5.75 Å². The predicted octanol–water partition coefficient (Wildman–Crippen LogP) is 4.78. The summed E-state index contributed by atoms with van der Waals surface area (Å²) in [6.07, 6.45) is 2.96. The zero-order valence-electron chi connectivity index (χ0n) is 15.5. The van der Waals surface area contributed by atoms with Gasteiger partial charge in [0, 0.05) is 23.2 Å². The van der Waals surface area contributed by atoms with E-state index in [1.54, 1.807) is 11.3 Å². The van der Waals surface area contributed by atoms with Gasteiger partial charge in [-0.25, -0.2) is 4.98 Å². The first-order valence-corrected chi connectivity index (χ1v) is 10.0. The molecule has 0 fully saturated rings. The van der Waals surface area contributed by atoms with E-state index in [0.29, 0.717) is 18.7 Å². The third-order valence-electron chi connectivity index (χ3n) is 4.13. The van der Waals surface area contributed by atoms with Crippen LogP contribution in [0, 0.1) is 6.92 Å². The number of nitrogens with one attached hydrogen (secondary N) is 1. The van der Waals surface area contributed by atoms with Crippen molar-refractivity contribution in [3.05, 3.63) is 81.8 Å². The summed E-state index contributed by atoms with van der Waals surface area (Å²) in [5.74, 6) is 0.808. The Labute approximate surface area is 164 Å². The van der Waals surface area contributed by atoms with Gasteiger partial charge in [-0.3, -0.25) is 4.79 Å². The standard InChI is InChI=1S/C22H24N2O2S/c1-17-16-27-21(24-17)9-5-6-14-23-22(25)19-12-10-18(11-13-19)15-26-20-7-3-2-4-8-20/h2-4,7-8,10-13,16H,5-6,9,14-15H2,1H3,(H,23,25). The molecular weight excluding hydrogens is 356 g/mol. The van der Waals surface area contributed by atoms with Crippen LogP contribution in [0.25, 0.3) is 0 Å². The molecule has 0 saturated heterocycles. The first-order valence-electron chi connectivity index (χ1n) is 9.17. The number of hydrogen-bond donors (Lipinski definition) is 1. The maximum atomic E-state index is 12.2. The number of thiazole rings is 1. The molecule has 5 heteroatoms. The molecule has 27 heavy (non-hydrogen) atoms. The van der Waals surface area contributed by atoms with Gasteiger partial charge >= 0.3 is 0 Å². The number of carbonyl (C=O) groups is 1. The second-order valence-electron chi connectivity index (χ2n) is 6.39. The fourth-order valence-electron chi connectivity index (χ4n) is 2.66. The van der Waals surface area contributed by atoms with E-state index in [9.17, 15) is 4.79 Å². The molecule has 0 saturated carbocycles. The molecular formula is C22H24N2O2S. The van der Waals surface area contributed by atoms with E-state index < -0.39 is 0 Å². The number of rotatable bonds is 9. The van der Waals surface area contributed by atoms with Crippen molar-refractivity contribution in [3.63, 3.8) is 0 Å². The van der Waals surface area contributed by atoms with Crippen LogP contribution in [0.2, 0.25) is 0 Å². The molecule has 0 bridgehead atoms. The number of amides is 1. The summed E-state index contributed by atoms with van der Waals surface area (Å²) in [5, 5.41) is 6.23. The molecule has 4 nitrogen and oxygen atoms in total. The highest BCUT2D eigenvalue weighted by atomic mass is 32.1. The first-order chi connectivity index (χ1) is 13.2. The van der Waals surface area contributed by atoms with Crippen molar-refractivity contribution < 1.29 is 9.53 Å². The van der Waals surface area contributed by atoms with Crippen LogP contribution < -0.4 is 10.1 Å². The lowest BCUT2D eigenvalue weighted by Gasteiger charge is -2.08. The molecule has 0 aliphatic heterocycles. The van der Waals surface area contributed by atoms with Gasteiger partial charge < -0.3 is 10.1 Å². The first kappa shape index (κ1) is 19.1. The van der Waals surface area contributed by atoms with Crippen molar-refractivity contribution in [3.8, 4) is 5.75 Å². The molecule has 0 atom stereocenters. The van der Waals surface area contributed by atoms with Crippen molar-refractivity contribution in [2.45, 2.75) is 32.8 Å². The maximum Gasteiger partial charge on any atom is 0.251 e. The zero-order valence-corrected chi connectivity index (χ0v) is 16.3. The summed E-state index contributed by atoms with van der Waals surface area (Å²) >= 11 is 1.71. The molecule has 0 unspecified atom stereocenters. The van der Waals surface area contributed by atoms with E-state index >= 15 is 0 Å². The Bertz CT molecular complexity index is 844. The lowest BCUT2D eigenvalue weighted by molar-refractivity contribution is 0.0953. The number of aryl methyl sites for hydroxylation is 2. The maximum absolute atomic E-state index is 12.2. The Morgan fingerprint density at radius 1 is 1.07 bits per heavy atom. The summed E-state index contributed by atoms with van der Waals surface area (Å²) in [6, 6.07) is 17.3. The lowest BCUT2D eigenvalue weighted by atomic mass is 10.1. The monoisotopic (exact) mass is 380 g/mol. The average molecular weight is 381 g/mol. The number of nitrogens with zero attached hydrogens (tertiary/aromatic N) is 1. The van der Waals surface area contributed by atoms with Gasteiger partial charge in [0.1, 0.15) is 12.4 Å². The highest BCUT2D eigenvalue weighted by Crippen LogP contribution is 2.13. The minimum absolute atomic E-state index is 0.0318. The number of unbranched alkanes of at least 4 members (excludes halogenated alkanes) is 1. The lowest BCUT2D eigenvalue weighted by Crippen LogP contribution is -2.24. The van der Waals surface area contributed by atoms with E-state index in [1.807, 2.05) is 61.5 Å². The number of ether oxygens (including phenoxy) is 1. The van der Waals surface area contributed by atoms with Gasteiger partial charge in [0.15, 0.2) is 0 Å². The highest BCUT2D eigenvalue weighted by Gasteiger charge is 2.05. The normalized spacial score (nSPS) is 10.6. The summed E-state index contributed by atoms with van der Waals surface area (Å²) in [7, 11) is 0. The topological polar surface area (TPSA) is 51.2 Å². The largest absolute Gasteiger partial charge is 0.489 e. The number of carbonyl (C=O) groups excluding carboxylic acids is 1. The molecule has 2 aromatic carbocycles. The van der Waals surface area contributed by atoms with E-state index in [2.05, 4.69) is 15.7 Å². The van der Waals surface area contributed by atoms with E-state index in [-0.39, 0.29) is 5.91 Å². The highest BCUT2D eigenvalue weighted by molar-refractivity contribution is 7.09. The van der Waals surface area contributed by atoms with Gasteiger partial charge in [0.05, 0.1) is 5.01 Å². The van der Waals surface area contributed by atoms with Gasteiger partial charge in [0.2, 0.25) is 0 Å². The zero-order chi connectivity index (χ0) is 18.9. The van der Waals surface area contributed by atoms with Crippen molar-refractivity contribution in [2.75, 3.05) is 6.54 Å². The smallest absolute Gasteiger partial charge is 0.251 e. The fourth-order valence-corrected chi connectivity index (χ4v) is 3.48. The van der Waals surface area contributed by atoms with Crippen molar-refractivity contribution >= 4 is 17.2 Å². The van der Waals surface area contributed by atoms with Gasteiger partial charge in [-0.05, 0) is 56.0 Å². The molecule has 3 rings (SSSR count). The van der Waals surface area contributed by atoms with Gasteiger partial charge in [0.25, 0.3) is 5.91 Å². The van der Waals surface area contributed by atoms with Crippen LogP contribution in [0.15, 0.2) is 60.0 Å². The molecule has 1 N–H and O–H groups in total. The van der Waals surface area contributed by atoms with Gasteiger partial charge in [-0.15, -0.1) is 11.3 Å². The molecule has 0 aliphatic carbocycles. The molecule has 3 aromatic rings. The van der Waals surface area contributed by atoms with Crippen LogP contribution in [0.1, 0.15) is 39.5 Å². The Morgan fingerprint density at radius 2 is 1.85 bits per heavy atom. The molecule has 0 aliphatic rings. The van der Waals surface area contributed by atoms with Crippen LogP contribution in [-0.4, -0.2) is 17.4 Å². The molecule has 0 radical (unpaired) electrons. The van der Waals surface area contributed by atoms with Crippen molar-refractivity contribution in [1.82, 2.24) is 10.3 Å². The number of hydrogen-bond acceptors (Lipinski definition) is 4. The summed E-state index contributed by atoms with van der Waals surface area (Å²) in [4.78, 5) is 16.7. The van der Waals surface area contributed by atoms with Crippen molar-refractivity contribution in [2.24, 2.45) is 0 Å². The van der Waals surface area contributed by atoms with E-state index in [0.717, 1.165) is 36.3 Å². The van der Waals surface area contributed by atoms with Crippen molar-refractivity contribution in [1.29, 1.82) is 0 Å². The summed E-state index contributed by atoms with van der Waals surface area (Å²) in [5.41, 5.74) is 2.80. The fraction of sp³-hybridized carbons (Fsp3) is 0.273.